The van der Waals surface area contributed by atoms with E-state index in [2.05, 4.69) is 32.0 Å². The summed E-state index contributed by atoms with van der Waals surface area (Å²) in [5.41, 5.74) is 9.66. The Kier molecular flexibility index (Phi) is 3.76. The van der Waals surface area contributed by atoms with Gasteiger partial charge in [-0.25, -0.2) is 9.97 Å². The van der Waals surface area contributed by atoms with Crippen molar-refractivity contribution >= 4 is 28.2 Å². The first kappa shape index (κ1) is 14.2. The molecule has 0 spiro atoms. The summed E-state index contributed by atoms with van der Waals surface area (Å²) < 4.78 is 1.07. The lowest BCUT2D eigenvalue weighted by Crippen LogP contribution is -2.22. The average molecular weight is 346 g/mol. The van der Waals surface area contributed by atoms with Crippen LogP contribution in [-0.4, -0.2) is 16.3 Å². The molecule has 0 aliphatic heterocycles. The van der Waals surface area contributed by atoms with Crippen molar-refractivity contribution in [1.29, 1.82) is 0 Å². The molecule has 5 heteroatoms. The molecule has 3 rings (SSSR count). The Labute approximate surface area is 131 Å². The maximum Gasteiger partial charge on any atom is 0.220 e. The predicted octanol–water partition coefficient (Wildman–Crippen LogP) is 3.14. The molecule has 0 saturated heterocycles. The van der Waals surface area contributed by atoms with Gasteiger partial charge in [-0.3, -0.25) is 0 Å². The first-order chi connectivity index (χ1) is 10.1. The second-order valence-electron chi connectivity index (χ2n) is 5.43. The van der Waals surface area contributed by atoms with Crippen LogP contribution in [0.1, 0.15) is 40.8 Å². The molecule has 0 fully saturated rings. The first-order valence-electron chi connectivity index (χ1n) is 6.92. The minimum absolute atomic E-state index is 0.161. The van der Waals surface area contributed by atoms with E-state index in [1.165, 1.54) is 5.56 Å². The molecule has 1 heterocycles. The number of fused-ring (bicyclic) bond motifs is 1. The summed E-state index contributed by atoms with van der Waals surface area (Å²) in [5, 5.41) is 0. The molecule has 4 nitrogen and oxygen atoms in total. The van der Waals surface area contributed by atoms with Gasteiger partial charge < -0.3 is 10.5 Å². The fourth-order valence-electron chi connectivity index (χ4n) is 3.21. The third kappa shape index (κ3) is 2.58. The normalized spacial score (nSPS) is 20.9. The van der Waals surface area contributed by atoms with E-state index in [0.29, 0.717) is 0 Å². The van der Waals surface area contributed by atoms with Crippen LogP contribution >= 0.6 is 15.9 Å². The number of nitrogens with zero attached hydrogens (tertiary/aromatic N) is 2. The van der Waals surface area contributed by atoms with Crippen molar-refractivity contribution in [2.45, 2.75) is 31.6 Å². The molecule has 1 aliphatic carbocycles. The zero-order valence-electron chi connectivity index (χ0n) is 11.7. The number of carbonyl (C=O) groups is 1. The lowest BCUT2D eigenvalue weighted by Gasteiger charge is -2.29. The van der Waals surface area contributed by atoms with E-state index >= 15 is 0 Å². The Morgan fingerprint density at radius 3 is 2.81 bits per heavy atom. The zero-order chi connectivity index (χ0) is 15.0. The van der Waals surface area contributed by atoms with Crippen molar-refractivity contribution in [3.05, 3.63) is 51.3 Å². The minimum Gasteiger partial charge on any atom is -0.368 e. The van der Waals surface area contributed by atoms with Crippen molar-refractivity contribution in [3.8, 4) is 0 Å². The third-order valence-electron chi connectivity index (χ3n) is 4.09. The molecule has 1 aromatic carbocycles. The van der Waals surface area contributed by atoms with Crippen molar-refractivity contribution in [2.75, 3.05) is 5.73 Å². The predicted molar refractivity (Wildman–Crippen MR) is 85.2 cm³/mol. The van der Waals surface area contributed by atoms with Gasteiger partial charge in [0, 0.05) is 21.6 Å². The van der Waals surface area contributed by atoms with E-state index < -0.39 is 0 Å². The van der Waals surface area contributed by atoms with Gasteiger partial charge in [-0.2, -0.15) is 0 Å². The summed E-state index contributed by atoms with van der Waals surface area (Å²) in [7, 11) is 0. The lowest BCUT2D eigenvalue weighted by molar-refractivity contribution is -0.109. The number of benzene rings is 1. The summed E-state index contributed by atoms with van der Waals surface area (Å²) in [6.45, 7) is 1.89. The number of anilines is 1. The Bertz CT molecular complexity index is 702. The number of hydrogen-bond donors (Lipinski definition) is 1. The van der Waals surface area contributed by atoms with Crippen LogP contribution in [0.4, 0.5) is 5.95 Å². The number of hydrogen-bond acceptors (Lipinski definition) is 4. The number of carbonyl (C=O) groups excluding carboxylic acids is 1. The van der Waals surface area contributed by atoms with Gasteiger partial charge in [-0.15, -0.1) is 0 Å². The number of rotatable bonds is 2. The summed E-state index contributed by atoms with van der Waals surface area (Å²) in [4.78, 5) is 20.1. The molecule has 0 radical (unpaired) electrons. The Balaban J connectivity index is 2.07. The summed E-state index contributed by atoms with van der Waals surface area (Å²) >= 11 is 3.60. The fourth-order valence-corrected chi connectivity index (χ4v) is 3.82. The molecular formula is C16H16BrN3O. The molecule has 108 valence electrons. The second kappa shape index (κ2) is 5.56. The van der Waals surface area contributed by atoms with E-state index in [9.17, 15) is 4.79 Å². The average Bonchev–Trinajstić information content (AvgIpc) is 2.46. The minimum atomic E-state index is -0.161. The topological polar surface area (TPSA) is 68.9 Å². The van der Waals surface area contributed by atoms with Gasteiger partial charge in [0.25, 0.3) is 0 Å². The van der Waals surface area contributed by atoms with Crippen molar-refractivity contribution in [3.63, 3.8) is 0 Å². The van der Waals surface area contributed by atoms with Gasteiger partial charge >= 0.3 is 0 Å². The van der Waals surface area contributed by atoms with E-state index in [1.807, 2.05) is 25.1 Å². The highest BCUT2D eigenvalue weighted by Gasteiger charge is 2.31. The fraction of sp³-hybridized carbons (Fsp3) is 0.312. The quantitative estimate of drug-likeness (QED) is 0.849. The zero-order valence-corrected chi connectivity index (χ0v) is 13.3. The summed E-state index contributed by atoms with van der Waals surface area (Å²) in [5.74, 6) is 0.382. The maximum absolute atomic E-state index is 11.5. The molecule has 0 amide bonds. The van der Waals surface area contributed by atoms with E-state index in [-0.39, 0.29) is 17.8 Å². The molecule has 1 aliphatic rings. The van der Waals surface area contributed by atoms with Crippen LogP contribution in [0.15, 0.2) is 28.7 Å². The highest BCUT2D eigenvalue weighted by atomic mass is 79.9. The highest BCUT2D eigenvalue weighted by Crippen LogP contribution is 2.41. The van der Waals surface area contributed by atoms with Crippen molar-refractivity contribution in [2.24, 2.45) is 0 Å². The van der Waals surface area contributed by atoms with Crippen LogP contribution in [0, 0.1) is 6.92 Å². The van der Waals surface area contributed by atoms with Gasteiger partial charge in [0.2, 0.25) is 5.95 Å². The van der Waals surface area contributed by atoms with Gasteiger partial charge in [0.05, 0.1) is 5.69 Å². The number of halogens is 1. The van der Waals surface area contributed by atoms with E-state index in [4.69, 9.17) is 5.73 Å². The highest BCUT2D eigenvalue weighted by molar-refractivity contribution is 9.10. The number of aldehydes is 1. The van der Waals surface area contributed by atoms with Crippen LogP contribution in [0.2, 0.25) is 0 Å². The van der Waals surface area contributed by atoms with Crippen LogP contribution < -0.4 is 5.73 Å². The number of nitrogen functional groups attached to an aromatic ring is 1. The van der Waals surface area contributed by atoms with Gasteiger partial charge in [-0.1, -0.05) is 34.1 Å². The largest absolute Gasteiger partial charge is 0.368 e. The molecule has 2 aromatic rings. The Morgan fingerprint density at radius 2 is 2.10 bits per heavy atom. The molecule has 2 N–H and O–H groups in total. The van der Waals surface area contributed by atoms with Crippen LogP contribution in [0.5, 0.6) is 0 Å². The van der Waals surface area contributed by atoms with Crippen LogP contribution in [-0.2, 0) is 11.2 Å². The lowest BCUT2D eigenvalue weighted by atomic mass is 9.76. The van der Waals surface area contributed by atoms with E-state index in [1.54, 1.807) is 0 Å². The summed E-state index contributed by atoms with van der Waals surface area (Å²) in [6.07, 6.45) is 2.58. The molecule has 2 atom stereocenters. The van der Waals surface area contributed by atoms with Gasteiger partial charge in [0.1, 0.15) is 6.29 Å². The maximum atomic E-state index is 11.5. The molecule has 0 saturated carbocycles. The first-order valence-corrected chi connectivity index (χ1v) is 7.72. The molecular weight excluding hydrogens is 330 g/mol. The SMILES string of the molecule is Cc1nc(N)nc2c1C(C=O)CC(c1ccccc1Br)C2. The molecule has 21 heavy (non-hydrogen) atoms. The van der Waals surface area contributed by atoms with Crippen LogP contribution in [0.3, 0.4) is 0 Å². The monoisotopic (exact) mass is 345 g/mol. The van der Waals surface area contributed by atoms with Crippen molar-refractivity contribution in [1.82, 2.24) is 9.97 Å². The van der Waals surface area contributed by atoms with Gasteiger partial charge in [0.15, 0.2) is 0 Å². The standard InChI is InChI=1S/C16H16BrN3O/c1-9-15-11(8-21)6-10(7-14(15)20-16(18)19-9)12-4-2-3-5-13(12)17/h2-5,8,10-11H,6-7H2,1H3,(H2,18,19,20). The van der Waals surface area contributed by atoms with Crippen LogP contribution in [0.25, 0.3) is 0 Å². The molecule has 1 aromatic heterocycles. The number of aryl methyl sites for hydroxylation is 1. The summed E-state index contributed by atoms with van der Waals surface area (Å²) in [6, 6.07) is 8.14. The molecule has 0 bridgehead atoms. The van der Waals surface area contributed by atoms with E-state index in [0.717, 1.165) is 40.6 Å². The van der Waals surface area contributed by atoms with Crippen molar-refractivity contribution < 1.29 is 4.79 Å². The Morgan fingerprint density at radius 1 is 1.33 bits per heavy atom. The smallest absolute Gasteiger partial charge is 0.220 e. The number of nitrogens with two attached hydrogens (primary N) is 1. The molecule has 2 unspecified atom stereocenters. The Hall–Kier alpha value is -1.75. The van der Waals surface area contributed by atoms with Gasteiger partial charge in [-0.05, 0) is 37.3 Å². The third-order valence-corrected chi connectivity index (χ3v) is 4.81. The second-order valence-corrected chi connectivity index (χ2v) is 6.28. The number of aromatic nitrogens is 2.